The maximum atomic E-state index is 14.2. The van der Waals surface area contributed by atoms with E-state index in [9.17, 15) is 24.3 Å². The third-order valence-electron chi connectivity index (χ3n) is 8.69. The van der Waals surface area contributed by atoms with Crippen LogP contribution in [-0.2, 0) is 35.3 Å². The molecule has 2 unspecified atom stereocenters. The number of rotatable bonds is 11. The van der Waals surface area contributed by atoms with Crippen LogP contribution >= 0.6 is 0 Å². The zero-order chi connectivity index (χ0) is 31.7. The summed E-state index contributed by atoms with van der Waals surface area (Å²) in [6.07, 6.45) is 1.46. The minimum Gasteiger partial charge on any atom is -0.481 e. The van der Waals surface area contributed by atoms with Crippen molar-refractivity contribution in [3.63, 3.8) is 0 Å². The van der Waals surface area contributed by atoms with Crippen molar-refractivity contribution in [2.75, 3.05) is 6.54 Å². The van der Waals surface area contributed by atoms with Gasteiger partial charge in [-0.3, -0.25) is 19.2 Å². The molecule has 1 saturated heterocycles. The Balaban J connectivity index is 1.56. The van der Waals surface area contributed by atoms with Gasteiger partial charge in [-0.25, -0.2) is 0 Å². The van der Waals surface area contributed by atoms with Crippen LogP contribution in [0.1, 0.15) is 72.8 Å². The summed E-state index contributed by atoms with van der Waals surface area (Å²) in [5, 5.41) is 12.2. The number of ketones is 1. The Bertz CT molecular complexity index is 1400. The number of carbonyl (C=O) groups excluding carboxylic acids is 3. The maximum absolute atomic E-state index is 14.2. The number of fused-ring (bicyclic) bond motifs is 1. The molecule has 0 aromatic heterocycles. The smallest absolute Gasteiger partial charge is 0.310 e. The van der Waals surface area contributed by atoms with Crippen molar-refractivity contribution >= 4 is 34.4 Å². The quantitative estimate of drug-likeness (QED) is 0.254. The number of likely N-dealkylation sites (tertiary alicyclic amines) is 1. The Morgan fingerprint density at radius 2 is 1.74 bits per heavy atom. The molecule has 1 N–H and O–H groups in total. The average Bonchev–Trinajstić information content (AvgIpc) is 3.47. The number of esters is 1. The molecule has 0 bridgehead atoms. The lowest BCUT2D eigenvalue weighted by atomic mass is 9.77. The largest absolute Gasteiger partial charge is 0.481 e. The number of ether oxygens (including phenoxy) is 2. The number of carboxylic acids is 1. The lowest BCUT2D eigenvalue weighted by Crippen LogP contribution is -2.48. The summed E-state index contributed by atoms with van der Waals surface area (Å²) in [5.41, 5.74) is -1.51. The monoisotopic (exact) mass is 591 g/mol. The molecule has 0 radical (unpaired) electrons. The second kappa shape index (κ2) is 12.2. The molecular formula is C35H45NO7. The van der Waals surface area contributed by atoms with Gasteiger partial charge in [0.25, 0.3) is 0 Å². The van der Waals surface area contributed by atoms with Gasteiger partial charge in [0.15, 0.2) is 5.78 Å². The minimum atomic E-state index is -1.18. The van der Waals surface area contributed by atoms with Crippen molar-refractivity contribution in [3.05, 3.63) is 60.7 Å². The molecule has 1 amide bonds. The van der Waals surface area contributed by atoms with Gasteiger partial charge in [0.2, 0.25) is 5.91 Å². The SMILES string of the molecule is C=CC1CC1(CC(=O)[C@@H]1C[C@@H](OCc2ccc3ccccc3c2)CN1C(=O)[C@@H](CC(=O)OC(C)(C)C)C(C)(C)C)C(=O)O. The number of Topliss-reactive ketones (excluding diaryl/α,β-unsaturated/α-hetero) is 1. The van der Waals surface area contributed by atoms with E-state index in [1.54, 1.807) is 26.8 Å². The molecule has 2 aliphatic rings. The van der Waals surface area contributed by atoms with Crippen molar-refractivity contribution < 1.29 is 33.8 Å². The van der Waals surface area contributed by atoms with Gasteiger partial charge in [-0.05, 0) is 60.9 Å². The molecule has 4 rings (SSSR count). The number of allylic oxidation sites excluding steroid dienone is 1. The third kappa shape index (κ3) is 7.53. The first-order valence-electron chi connectivity index (χ1n) is 15.0. The Hall–Kier alpha value is -3.52. The van der Waals surface area contributed by atoms with Gasteiger partial charge in [0.05, 0.1) is 36.5 Å². The maximum Gasteiger partial charge on any atom is 0.310 e. The average molecular weight is 592 g/mol. The predicted molar refractivity (Wildman–Crippen MR) is 164 cm³/mol. The summed E-state index contributed by atoms with van der Waals surface area (Å²) in [6, 6.07) is 13.3. The molecule has 43 heavy (non-hydrogen) atoms. The van der Waals surface area contributed by atoms with Gasteiger partial charge in [0.1, 0.15) is 5.60 Å². The van der Waals surface area contributed by atoms with Crippen LogP contribution in [0, 0.1) is 22.7 Å². The minimum absolute atomic E-state index is 0.128. The van der Waals surface area contributed by atoms with E-state index in [1.807, 2.05) is 57.2 Å². The molecule has 1 aliphatic heterocycles. The van der Waals surface area contributed by atoms with E-state index in [4.69, 9.17) is 9.47 Å². The van der Waals surface area contributed by atoms with Crippen LogP contribution in [-0.4, -0.2) is 57.9 Å². The molecule has 1 heterocycles. The van der Waals surface area contributed by atoms with Crippen molar-refractivity contribution in [2.45, 2.75) is 91.6 Å². The van der Waals surface area contributed by atoms with Crippen LogP contribution in [0.15, 0.2) is 55.1 Å². The van der Waals surface area contributed by atoms with E-state index < -0.39 is 46.4 Å². The molecule has 1 saturated carbocycles. The Kier molecular flexibility index (Phi) is 9.21. The zero-order valence-electron chi connectivity index (χ0n) is 26.2. The first-order chi connectivity index (χ1) is 20.0. The van der Waals surface area contributed by atoms with Crippen LogP contribution in [0.25, 0.3) is 10.8 Å². The molecule has 8 heteroatoms. The number of hydrogen-bond acceptors (Lipinski definition) is 6. The summed E-state index contributed by atoms with van der Waals surface area (Å²) in [5.74, 6) is -3.16. The lowest BCUT2D eigenvalue weighted by molar-refractivity contribution is -0.161. The fourth-order valence-electron chi connectivity index (χ4n) is 6.12. The van der Waals surface area contributed by atoms with Crippen molar-refractivity contribution in [1.82, 2.24) is 4.90 Å². The van der Waals surface area contributed by atoms with Crippen LogP contribution in [0.3, 0.4) is 0 Å². The second-order valence-electron chi connectivity index (χ2n) is 14.2. The molecule has 232 valence electrons. The van der Waals surface area contributed by atoms with Crippen LogP contribution in [0.4, 0.5) is 0 Å². The van der Waals surface area contributed by atoms with Crippen LogP contribution < -0.4 is 0 Å². The summed E-state index contributed by atoms with van der Waals surface area (Å²) in [4.78, 5) is 54.5. The van der Waals surface area contributed by atoms with Crippen molar-refractivity contribution in [2.24, 2.45) is 22.7 Å². The van der Waals surface area contributed by atoms with Crippen molar-refractivity contribution in [1.29, 1.82) is 0 Å². The molecule has 2 fully saturated rings. The van der Waals surface area contributed by atoms with E-state index in [-0.39, 0.29) is 43.4 Å². The molecular weight excluding hydrogens is 546 g/mol. The molecule has 2 aromatic rings. The number of nitrogens with zero attached hydrogens (tertiary/aromatic N) is 1. The summed E-state index contributed by atoms with van der Waals surface area (Å²) >= 11 is 0. The van der Waals surface area contributed by atoms with E-state index in [1.165, 1.54) is 4.90 Å². The zero-order valence-corrected chi connectivity index (χ0v) is 26.2. The number of amides is 1. The van der Waals surface area contributed by atoms with E-state index >= 15 is 0 Å². The van der Waals surface area contributed by atoms with Gasteiger partial charge >= 0.3 is 11.9 Å². The number of benzene rings is 2. The van der Waals surface area contributed by atoms with Gasteiger partial charge in [0, 0.05) is 19.4 Å². The summed E-state index contributed by atoms with van der Waals surface area (Å²) < 4.78 is 11.8. The molecule has 8 nitrogen and oxygen atoms in total. The third-order valence-corrected chi connectivity index (χ3v) is 8.69. The fourth-order valence-corrected chi connectivity index (χ4v) is 6.12. The summed E-state index contributed by atoms with van der Waals surface area (Å²) in [7, 11) is 0. The highest BCUT2D eigenvalue weighted by Gasteiger charge is 2.61. The predicted octanol–water partition coefficient (Wildman–Crippen LogP) is 5.96. The first-order valence-corrected chi connectivity index (χ1v) is 15.0. The fraction of sp³-hybridized carbons (Fsp3) is 0.543. The van der Waals surface area contributed by atoms with Gasteiger partial charge < -0.3 is 19.5 Å². The van der Waals surface area contributed by atoms with Crippen molar-refractivity contribution in [3.8, 4) is 0 Å². The number of hydrogen-bond donors (Lipinski definition) is 1. The highest BCUT2D eigenvalue weighted by molar-refractivity contribution is 5.95. The highest BCUT2D eigenvalue weighted by atomic mass is 16.6. The first kappa shape index (κ1) is 32.4. The Morgan fingerprint density at radius 1 is 1.07 bits per heavy atom. The molecule has 1 aliphatic carbocycles. The Labute approximate surface area is 254 Å². The Morgan fingerprint density at radius 3 is 2.33 bits per heavy atom. The van der Waals surface area contributed by atoms with E-state index in [0.29, 0.717) is 13.0 Å². The number of carboxylic acid groups (broad SMARTS) is 1. The number of carbonyl (C=O) groups is 4. The standard InChI is InChI=1S/C35H45NO7/c1-8-25-18-35(25,32(40)41)19-29(37)28-16-26(42-21-22-13-14-23-11-9-10-12-24(23)15-22)20-36(28)31(39)27(33(2,3)4)17-30(38)43-34(5,6)7/h8-15,25-28H,1,16-21H2,2-7H3,(H,40,41)/t25?,26-,27-,28+,35?/m1/s1. The highest BCUT2D eigenvalue weighted by Crippen LogP contribution is 2.56. The van der Waals surface area contributed by atoms with Gasteiger partial charge in [-0.2, -0.15) is 0 Å². The number of aliphatic carboxylic acids is 1. The summed E-state index contributed by atoms with van der Waals surface area (Å²) in [6.45, 7) is 15.2. The normalized spacial score (nSPS) is 24.4. The van der Waals surface area contributed by atoms with Gasteiger partial charge in [-0.15, -0.1) is 6.58 Å². The molecule has 5 atom stereocenters. The van der Waals surface area contributed by atoms with E-state index in [0.717, 1.165) is 16.3 Å². The van der Waals surface area contributed by atoms with Crippen LogP contribution in [0.5, 0.6) is 0 Å². The van der Waals surface area contributed by atoms with Gasteiger partial charge in [-0.1, -0.05) is 63.2 Å². The second-order valence-corrected chi connectivity index (χ2v) is 14.2. The molecule has 0 spiro atoms. The van der Waals surface area contributed by atoms with E-state index in [2.05, 4.69) is 12.6 Å². The lowest BCUT2D eigenvalue weighted by Gasteiger charge is -2.35. The topological polar surface area (TPSA) is 110 Å². The molecule has 2 aromatic carbocycles. The van der Waals surface area contributed by atoms with Crippen LogP contribution in [0.2, 0.25) is 0 Å².